The minimum Gasteiger partial charge on any atom is -0.468 e. The van der Waals surface area contributed by atoms with Crippen LogP contribution < -0.4 is 5.73 Å². The van der Waals surface area contributed by atoms with Crippen molar-refractivity contribution in [1.29, 1.82) is 0 Å². The van der Waals surface area contributed by atoms with Crippen LogP contribution in [0.4, 0.5) is 0 Å². The molecule has 1 rings (SSSR count). The van der Waals surface area contributed by atoms with E-state index in [1.807, 2.05) is 31.2 Å². The number of esters is 1. The van der Waals surface area contributed by atoms with Gasteiger partial charge in [-0.25, -0.2) is 0 Å². The Labute approximate surface area is 111 Å². The maximum Gasteiger partial charge on any atom is 0.315 e. The molecule has 94 valence electrons. The summed E-state index contributed by atoms with van der Waals surface area (Å²) in [6, 6.07) is 7.46. The molecule has 0 fully saturated rings. The number of thioether (sulfide) groups is 1. The first-order valence-electron chi connectivity index (χ1n) is 5.24. The summed E-state index contributed by atoms with van der Waals surface area (Å²) in [4.78, 5) is 11.1. The van der Waals surface area contributed by atoms with E-state index >= 15 is 0 Å². The normalized spacial score (nSPS) is 14.1. The Morgan fingerprint density at radius 1 is 1.47 bits per heavy atom. The van der Waals surface area contributed by atoms with E-state index in [1.165, 1.54) is 18.9 Å². The molecule has 0 heterocycles. The summed E-state index contributed by atoms with van der Waals surface area (Å²) >= 11 is 7.31. The van der Waals surface area contributed by atoms with Crippen molar-refractivity contribution < 1.29 is 9.53 Å². The molecule has 0 radical (unpaired) electrons. The van der Waals surface area contributed by atoms with Crippen molar-refractivity contribution in [3.05, 3.63) is 34.9 Å². The van der Waals surface area contributed by atoms with Crippen molar-refractivity contribution in [3.63, 3.8) is 0 Å². The average molecular weight is 274 g/mol. The maximum absolute atomic E-state index is 11.1. The van der Waals surface area contributed by atoms with Crippen LogP contribution >= 0.6 is 23.4 Å². The van der Waals surface area contributed by atoms with Gasteiger partial charge in [-0.05, 0) is 24.6 Å². The fraction of sp³-hybridized carbons (Fsp3) is 0.417. The average Bonchev–Trinajstić information content (AvgIpc) is 2.31. The molecule has 2 unspecified atom stereocenters. The lowest BCUT2D eigenvalue weighted by atomic mass is 10.1. The molecule has 2 N–H and O–H groups in total. The molecular formula is C12H16ClNO2S. The van der Waals surface area contributed by atoms with Gasteiger partial charge in [0.1, 0.15) is 0 Å². The Balaban J connectivity index is 2.72. The lowest BCUT2D eigenvalue weighted by Gasteiger charge is -2.20. The third-order valence-corrected chi connectivity index (χ3v) is 4.00. The molecule has 1 aromatic rings. The molecule has 0 aliphatic rings. The molecule has 0 saturated carbocycles. The van der Waals surface area contributed by atoms with Gasteiger partial charge in [0.15, 0.2) is 0 Å². The van der Waals surface area contributed by atoms with E-state index in [1.54, 1.807) is 0 Å². The third-order valence-electron chi connectivity index (χ3n) is 2.28. The van der Waals surface area contributed by atoms with Crippen LogP contribution in [0.15, 0.2) is 24.3 Å². The number of rotatable bonds is 5. The third kappa shape index (κ3) is 4.58. The van der Waals surface area contributed by atoms with Gasteiger partial charge in [-0.3, -0.25) is 4.79 Å². The Kier molecular flexibility index (Phi) is 5.82. The zero-order valence-electron chi connectivity index (χ0n) is 9.85. The molecule has 0 saturated heterocycles. The van der Waals surface area contributed by atoms with E-state index in [4.69, 9.17) is 17.3 Å². The van der Waals surface area contributed by atoms with Crippen LogP contribution in [-0.2, 0) is 9.53 Å². The second kappa shape index (κ2) is 6.89. The highest BCUT2D eigenvalue weighted by atomic mass is 35.5. The minimum atomic E-state index is -0.241. The summed E-state index contributed by atoms with van der Waals surface area (Å²) in [6.07, 6.45) is 0. The number of halogens is 1. The lowest BCUT2D eigenvalue weighted by molar-refractivity contribution is -0.137. The maximum atomic E-state index is 11.1. The summed E-state index contributed by atoms with van der Waals surface area (Å²) in [5, 5.41) is 0.751. The molecular weight excluding hydrogens is 258 g/mol. The quantitative estimate of drug-likeness (QED) is 0.838. The predicted octanol–water partition coefficient (Wildman–Crippen LogP) is 2.63. The number of carbonyl (C=O) groups is 1. The number of benzene rings is 1. The number of methoxy groups -OCH3 is 1. The monoisotopic (exact) mass is 273 g/mol. The van der Waals surface area contributed by atoms with Crippen molar-refractivity contribution in [2.75, 3.05) is 12.9 Å². The van der Waals surface area contributed by atoms with Gasteiger partial charge >= 0.3 is 5.97 Å². The zero-order chi connectivity index (χ0) is 12.8. The molecule has 0 aliphatic carbocycles. The van der Waals surface area contributed by atoms with E-state index in [0.29, 0.717) is 10.8 Å². The minimum absolute atomic E-state index is 0.0502. The fourth-order valence-electron chi connectivity index (χ4n) is 1.42. The molecule has 0 aromatic heterocycles. The van der Waals surface area contributed by atoms with Crippen LogP contribution in [0.3, 0.4) is 0 Å². The van der Waals surface area contributed by atoms with E-state index in [-0.39, 0.29) is 17.3 Å². The van der Waals surface area contributed by atoms with Gasteiger partial charge < -0.3 is 10.5 Å². The predicted molar refractivity (Wildman–Crippen MR) is 72.3 cm³/mol. The second-order valence-corrected chi connectivity index (χ2v) is 5.28. The van der Waals surface area contributed by atoms with Gasteiger partial charge in [-0.1, -0.05) is 23.7 Å². The highest BCUT2D eigenvalue weighted by Gasteiger charge is 2.18. The smallest absolute Gasteiger partial charge is 0.315 e. The van der Waals surface area contributed by atoms with E-state index < -0.39 is 0 Å². The van der Waals surface area contributed by atoms with Gasteiger partial charge in [0.05, 0.1) is 12.9 Å². The largest absolute Gasteiger partial charge is 0.468 e. The lowest BCUT2D eigenvalue weighted by Crippen LogP contribution is -2.23. The van der Waals surface area contributed by atoms with Crippen molar-refractivity contribution in [2.24, 2.45) is 5.73 Å². The van der Waals surface area contributed by atoms with Crippen LogP contribution in [0.25, 0.3) is 0 Å². The summed E-state index contributed by atoms with van der Waals surface area (Å²) < 4.78 is 4.61. The van der Waals surface area contributed by atoms with E-state index in [2.05, 4.69) is 4.74 Å². The van der Waals surface area contributed by atoms with Crippen LogP contribution in [0.5, 0.6) is 0 Å². The fourth-order valence-corrected chi connectivity index (χ4v) is 2.63. The second-order valence-electron chi connectivity index (χ2n) is 3.72. The number of nitrogens with two attached hydrogens (primary N) is 1. The van der Waals surface area contributed by atoms with E-state index in [9.17, 15) is 4.79 Å². The van der Waals surface area contributed by atoms with Gasteiger partial charge in [-0.15, -0.1) is 11.8 Å². The van der Waals surface area contributed by atoms with Crippen LogP contribution in [-0.4, -0.2) is 24.9 Å². The number of hydrogen-bond donors (Lipinski definition) is 1. The van der Waals surface area contributed by atoms with Gasteiger partial charge in [0.2, 0.25) is 0 Å². The summed E-state index contributed by atoms with van der Waals surface area (Å²) in [6.45, 7) is 1.92. The van der Waals surface area contributed by atoms with Crippen molar-refractivity contribution in [3.8, 4) is 0 Å². The molecule has 5 heteroatoms. The Morgan fingerprint density at radius 3 is 2.53 bits per heavy atom. The summed E-state index contributed by atoms with van der Waals surface area (Å²) in [5.74, 6) is 0.0559. The standard InChI is InChI=1S/C12H16ClNO2S/c1-8(14)12(17-7-11(15)16-2)9-3-5-10(13)6-4-9/h3-6,8,12H,7,14H2,1-2H3. The number of hydrogen-bond acceptors (Lipinski definition) is 4. The molecule has 1 aromatic carbocycles. The van der Waals surface area contributed by atoms with E-state index in [0.717, 1.165) is 5.56 Å². The molecule has 3 nitrogen and oxygen atoms in total. The first-order valence-corrected chi connectivity index (χ1v) is 6.66. The van der Waals surface area contributed by atoms with Crippen LogP contribution in [0.1, 0.15) is 17.7 Å². The van der Waals surface area contributed by atoms with Crippen molar-refractivity contribution in [2.45, 2.75) is 18.2 Å². The first-order chi connectivity index (χ1) is 8.04. The Hall–Kier alpha value is -0.710. The van der Waals surface area contributed by atoms with Gasteiger partial charge in [-0.2, -0.15) is 0 Å². The van der Waals surface area contributed by atoms with Gasteiger partial charge in [0.25, 0.3) is 0 Å². The molecule has 2 atom stereocenters. The number of carbonyl (C=O) groups excluding carboxylic acids is 1. The molecule has 0 spiro atoms. The molecule has 0 amide bonds. The SMILES string of the molecule is COC(=O)CSC(c1ccc(Cl)cc1)C(C)N. The van der Waals surface area contributed by atoms with Crippen molar-refractivity contribution in [1.82, 2.24) is 0 Å². The summed E-state index contributed by atoms with van der Waals surface area (Å²) in [5.41, 5.74) is 7.00. The van der Waals surface area contributed by atoms with Crippen molar-refractivity contribution >= 4 is 29.3 Å². The van der Waals surface area contributed by atoms with Crippen LogP contribution in [0, 0.1) is 0 Å². The summed E-state index contributed by atoms with van der Waals surface area (Å²) in [7, 11) is 1.38. The number of ether oxygens (including phenoxy) is 1. The molecule has 0 aliphatic heterocycles. The highest BCUT2D eigenvalue weighted by molar-refractivity contribution is 8.00. The zero-order valence-corrected chi connectivity index (χ0v) is 11.4. The van der Waals surface area contributed by atoms with Gasteiger partial charge in [0, 0.05) is 16.3 Å². The highest BCUT2D eigenvalue weighted by Crippen LogP contribution is 2.31. The molecule has 17 heavy (non-hydrogen) atoms. The Morgan fingerprint density at radius 2 is 2.06 bits per heavy atom. The van der Waals surface area contributed by atoms with Crippen LogP contribution in [0.2, 0.25) is 5.02 Å². The molecule has 0 bridgehead atoms. The Bertz CT molecular complexity index is 367. The topological polar surface area (TPSA) is 52.3 Å². The first kappa shape index (κ1) is 14.4.